The average Bonchev–Trinajstić information content (AvgIpc) is 2.84. The largest absolute Gasteiger partial charge is 0.477 e. The molecule has 0 aromatic rings. The zero-order valence-electron chi connectivity index (χ0n) is 24.1. The van der Waals surface area contributed by atoms with Crippen molar-refractivity contribution in [1.29, 1.82) is 0 Å². The van der Waals surface area contributed by atoms with Crippen molar-refractivity contribution in [2.45, 2.75) is 155 Å². The number of hydrogen-bond donors (Lipinski definition) is 3. The first kappa shape index (κ1) is 35.1. The first-order valence-corrected chi connectivity index (χ1v) is 14.9. The van der Waals surface area contributed by atoms with Gasteiger partial charge in [-0.25, -0.2) is 14.4 Å². The number of quaternary nitrogens is 1. The molecule has 0 aromatic carbocycles. The van der Waals surface area contributed by atoms with E-state index < -0.39 is 40.5 Å². The quantitative estimate of drug-likeness (QED) is 0.0648. The van der Waals surface area contributed by atoms with E-state index in [2.05, 4.69) is 19.1 Å². The molecule has 37 heavy (non-hydrogen) atoms. The average molecular weight is 527 g/mol. The molecule has 0 heterocycles. The molecule has 0 radical (unpaired) electrons. The van der Waals surface area contributed by atoms with Gasteiger partial charge in [-0.05, 0) is 38.5 Å². The van der Waals surface area contributed by atoms with Crippen molar-refractivity contribution in [1.82, 2.24) is 0 Å². The summed E-state index contributed by atoms with van der Waals surface area (Å²) in [6.45, 7) is 7.61. The van der Waals surface area contributed by atoms with Crippen LogP contribution >= 0.6 is 0 Å². The van der Waals surface area contributed by atoms with Crippen molar-refractivity contribution in [2.24, 2.45) is 0 Å². The maximum Gasteiger partial charge on any atom is 0.362 e. The molecule has 0 aromatic heterocycles. The van der Waals surface area contributed by atoms with Gasteiger partial charge < -0.3 is 15.3 Å². The summed E-state index contributed by atoms with van der Waals surface area (Å²) in [6.07, 6.45) is 21.2. The highest BCUT2D eigenvalue weighted by Crippen LogP contribution is 2.32. The SMILES string of the molecule is CCCCCC/C=C/CCCCCCCCCC[N+](C(CC)C(=O)O)(C(CC)C(=O)O)C(CC)C(=O)O. The standard InChI is InChI=1S/C30H55NO6/c1-5-9-10-11-12-13-14-15-16-17-18-19-20-21-22-23-24-31(25(6-2)28(32)33,26(7-3)29(34)35)27(8-4)30(36)37/h13-14,25-27H,5-12,15-24H2,1-4H3,(H2-,32,33,34,35,36,37)/p+1/b14-13+. The molecule has 216 valence electrons. The van der Waals surface area contributed by atoms with Gasteiger partial charge in [0.15, 0.2) is 18.1 Å². The van der Waals surface area contributed by atoms with E-state index in [4.69, 9.17) is 0 Å². The smallest absolute Gasteiger partial charge is 0.362 e. The third-order valence-electron chi connectivity index (χ3n) is 7.81. The number of carboxylic acid groups (broad SMARTS) is 3. The lowest BCUT2D eigenvalue weighted by molar-refractivity contribution is -0.973. The molecular weight excluding hydrogens is 470 g/mol. The van der Waals surface area contributed by atoms with E-state index in [-0.39, 0.29) is 25.8 Å². The van der Waals surface area contributed by atoms with Crippen molar-refractivity contribution in [3.63, 3.8) is 0 Å². The summed E-state index contributed by atoms with van der Waals surface area (Å²) >= 11 is 0. The molecule has 3 atom stereocenters. The van der Waals surface area contributed by atoms with E-state index in [9.17, 15) is 29.7 Å². The predicted molar refractivity (Wildman–Crippen MR) is 150 cm³/mol. The molecule has 3 unspecified atom stereocenters. The van der Waals surface area contributed by atoms with Crippen LogP contribution in [-0.2, 0) is 14.4 Å². The molecule has 7 nitrogen and oxygen atoms in total. The van der Waals surface area contributed by atoms with Crippen LogP contribution in [0.3, 0.4) is 0 Å². The van der Waals surface area contributed by atoms with Crippen molar-refractivity contribution in [3.8, 4) is 0 Å². The lowest BCUT2D eigenvalue weighted by Gasteiger charge is -2.49. The Morgan fingerprint density at radius 1 is 0.541 bits per heavy atom. The summed E-state index contributed by atoms with van der Waals surface area (Å²) in [5.74, 6) is -3.35. The van der Waals surface area contributed by atoms with Crippen molar-refractivity contribution < 1.29 is 34.2 Å². The van der Waals surface area contributed by atoms with Crippen LogP contribution in [0, 0.1) is 0 Å². The van der Waals surface area contributed by atoms with Crippen LogP contribution in [0.15, 0.2) is 12.2 Å². The zero-order valence-corrected chi connectivity index (χ0v) is 24.1. The molecular formula is C30H56NO6+. The van der Waals surface area contributed by atoms with Gasteiger partial charge in [-0.1, -0.05) is 91.2 Å². The Labute approximate surface area is 225 Å². The molecule has 0 saturated heterocycles. The molecule has 7 heteroatoms. The molecule has 0 rings (SSSR count). The van der Waals surface area contributed by atoms with Gasteiger partial charge in [0, 0.05) is 19.3 Å². The molecule has 0 saturated carbocycles. The molecule has 0 aliphatic heterocycles. The fourth-order valence-electron chi connectivity index (χ4n) is 5.91. The van der Waals surface area contributed by atoms with Gasteiger partial charge in [-0.15, -0.1) is 0 Å². The minimum absolute atomic E-state index is 0.191. The summed E-state index contributed by atoms with van der Waals surface area (Å²) in [6, 6.07) is -3.19. The zero-order chi connectivity index (χ0) is 28.1. The van der Waals surface area contributed by atoms with Crippen LogP contribution in [0.1, 0.15) is 137 Å². The van der Waals surface area contributed by atoms with Crippen LogP contribution in [0.25, 0.3) is 0 Å². The fourth-order valence-corrected chi connectivity index (χ4v) is 5.91. The van der Waals surface area contributed by atoms with E-state index >= 15 is 0 Å². The maximum atomic E-state index is 12.2. The molecule has 0 fully saturated rings. The second-order valence-electron chi connectivity index (χ2n) is 10.4. The van der Waals surface area contributed by atoms with E-state index in [0.29, 0.717) is 6.42 Å². The Bertz CT molecular complexity index is 607. The fraction of sp³-hybridized carbons (Fsp3) is 0.833. The topological polar surface area (TPSA) is 112 Å². The van der Waals surface area contributed by atoms with Crippen LogP contribution in [-0.4, -0.2) is 62.4 Å². The van der Waals surface area contributed by atoms with Crippen LogP contribution < -0.4 is 0 Å². The number of hydrogen-bond acceptors (Lipinski definition) is 3. The van der Waals surface area contributed by atoms with Crippen LogP contribution in [0.2, 0.25) is 0 Å². The van der Waals surface area contributed by atoms with Crippen molar-refractivity contribution in [2.75, 3.05) is 6.54 Å². The maximum absolute atomic E-state index is 12.2. The summed E-state index contributed by atoms with van der Waals surface area (Å²) in [7, 11) is 0. The second-order valence-corrected chi connectivity index (χ2v) is 10.4. The Hall–Kier alpha value is -1.89. The highest BCUT2D eigenvalue weighted by molar-refractivity contribution is 5.78. The molecule has 0 amide bonds. The summed E-state index contributed by atoms with van der Waals surface area (Å²) in [5, 5.41) is 30.0. The third kappa shape index (κ3) is 12.5. The minimum Gasteiger partial charge on any atom is -0.477 e. The summed E-state index contributed by atoms with van der Waals surface area (Å²) in [4.78, 5) is 36.7. The monoisotopic (exact) mass is 526 g/mol. The third-order valence-corrected chi connectivity index (χ3v) is 7.81. The number of carbonyl (C=O) groups is 3. The highest BCUT2D eigenvalue weighted by atomic mass is 16.4. The van der Waals surface area contributed by atoms with Crippen molar-refractivity contribution >= 4 is 17.9 Å². The van der Waals surface area contributed by atoms with Gasteiger partial charge in [0.1, 0.15) is 0 Å². The van der Waals surface area contributed by atoms with Gasteiger partial charge in [-0.2, -0.15) is 0 Å². The van der Waals surface area contributed by atoms with Crippen LogP contribution in [0.5, 0.6) is 0 Å². The van der Waals surface area contributed by atoms with Gasteiger partial charge >= 0.3 is 17.9 Å². The van der Waals surface area contributed by atoms with Crippen LogP contribution in [0.4, 0.5) is 0 Å². The number of nitrogens with zero attached hydrogens (tertiary/aromatic N) is 1. The predicted octanol–water partition coefficient (Wildman–Crippen LogP) is 7.43. The van der Waals surface area contributed by atoms with E-state index in [0.717, 1.165) is 32.1 Å². The summed E-state index contributed by atoms with van der Waals surface area (Å²) < 4.78 is -0.407. The lowest BCUT2D eigenvalue weighted by Crippen LogP contribution is -2.72. The van der Waals surface area contributed by atoms with E-state index in [1.54, 1.807) is 20.8 Å². The number of unbranched alkanes of at least 4 members (excludes halogenated alkanes) is 12. The number of carboxylic acids is 3. The van der Waals surface area contributed by atoms with E-state index in [1.165, 1.54) is 51.4 Å². The number of allylic oxidation sites excluding steroid dienone is 2. The second kappa shape index (κ2) is 21.1. The summed E-state index contributed by atoms with van der Waals surface area (Å²) in [5.41, 5.74) is 0. The molecule has 0 bridgehead atoms. The van der Waals surface area contributed by atoms with Gasteiger partial charge in [0.25, 0.3) is 0 Å². The Morgan fingerprint density at radius 2 is 0.865 bits per heavy atom. The van der Waals surface area contributed by atoms with E-state index in [1.807, 2.05) is 0 Å². The van der Waals surface area contributed by atoms with Crippen molar-refractivity contribution in [3.05, 3.63) is 12.2 Å². The minimum atomic E-state index is -1.12. The Kier molecular flexibility index (Phi) is 20.0. The normalized spacial score (nSPS) is 15.8. The Balaban J connectivity index is 4.77. The number of aliphatic carboxylic acids is 3. The molecule has 0 aliphatic carbocycles. The first-order valence-electron chi connectivity index (χ1n) is 14.9. The molecule has 3 N–H and O–H groups in total. The number of rotatable bonds is 25. The van der Waals surface area contributed by atoms with Gasteiger partial charge in [-0.3, -0.25) is 4.48 Å². The molecule has 0 spiro atoms. The first-order chi connectivity index (χ1) is 17.7. The Morgan fingerprint density at radius 3 is 1.19 bits per heavy atom. The molecule has 0 aliphatic rings. The lowest BCUT2D eigenvalue weighted by atomic mass is 9.93. The van der Waals surface area contributed by atoms with Gasteiger partial charge in [0.05, 0.1) is 6.54 Å². The van der Waals surface area contributed by atoms with Gasteiger partial charge in [0.2, 0.25) is 0 Å². The highest BCUT2D eigenvalue weighted by Gasteiger charge is 2.55.